The van der Waals surface area contributed by atoms with Crippen molar-refractivity contribution in [3.05, 3.63) is 21.2 Å². The van der Waals surface area contributed by atoms with Crippen molar-refractivity contribution in [1.82, 2.24) is 0 Å². The third-order valence-corrected chi connectivity index (χ3v) is 4.15. The Hall–Kier alpha value is -1.27. The lowest BCUT2D eigenvalue weighted by molar-refractivity contribution is -0.150. The van der Waals surface area contributed by atoms with E-state index in [1.54, 1.807) is 6.92 Å². The van der Waals surface area contributed by atoms with Crippen molar-refractivity contribution in [2.24, 2.45) is 0 Å². The number of ether oxygens (including phenoxy) is 3. The zero-order valence-electron chi connectivity index (χ0n) is 11.5. The number of hydrogen-bond acceptors (Lipinski definition) is 5. The minimum absolute atomic E-state index is 0.332. The number of halogens is 1. The Morgan fingerprint density at radius 3 is 2.05 bits per heavy atom. The smallest absolute Gasteiger partial charge is 0.339 e. The number of methoxy groups -OCH3 is 3. The van der Waals surface area contributed by atoms with Crippen LogP contribution in [-0.4, -0.2) is 32.4 Å². The normalized spacial score (nSPS) is 11.9. The number of benzene rings is 1. The van der Waals surface area contributed by atoms with Gasteiger partial charge in [0.05, 0.1) is 21.3 Å². The van der Waals surface area contributed by atoms with E-state index in [0.717, 1.165) is 10.0 Å². The van der Waals surface area contributed by atoms with Gasteiger partial charge in [0.2, 0.25) is 0 Å². The summed E-state index contributed by atoms with van der Waals surface area (Å²) in [6.45, 7) is 3.63. The highest BCUT2D eigenvalue weighted by Crippen LogP contribution is 2.44. The summed E-state index contributed by atoms with van der Waals surface area (Å²) in [5, 5.41) is 10.1. The zero-order chi connectivity index (χ0) is 14.7. The van der Waals surface area contributed by atoms with E-state index in [-0.39, 0.29) is 0 Å². The van der Waals surface area contributed by atoms with Crippen LogP contribution in [0.15, 0.2) is 4.47 Å². The van der Waals surface area contributed by atoms with E-state index in [2.05, 4.69) is 20.7 Å². The lowest BCUT2D eigenvalue weighted by atomic mass is 9.98. The van der Waals surface area contributed by atoms with Gasteiger partial charge in [-0.3, -0.25) is 0 Å². The number of aliphatic hydroxyl groups excluding tert-OH is 1. The molecule has 0 aliphatic heterocycles. The zero-order valence-corrected chi connectivity index (χ0v) is 13.1. The van der Waals surface area contributed by atoms with Gasteiger partial charge in [0.1, 0.15) is 0 Å². The van der Waals surface area contributed by atoms with E-state index < -0.39 is 12.1 Å². The maximum absolute atomic E-state index is 11.5. The average Bonchev–Trinajstić information content (AvgIpc) is 2.42. The number of aliphatic hydroxyl groups is 1. The fraction of sp³-hybridized carbons (Fsp3) is 0.462. The highest BCUT2D eigenvalue weighted by molar-refractivity contribution is 9.10. The molecule has 0 aliphatic rings. The van der Waals surface area contributed by atoms with Crippen LogP contribution in [-0.2, 0) is 9.53 Å². The van der Waals surface area contributed by atoms with Crippen molar-refractivity contribution in [2.45, 2.75) is 20.0 Å². The Morgan fingerprint density at radius 2 is 1.63 bits per heavy atom. The molecule has 5 nitrogen and oxygen atoms in total. The average molecular weight is 333 g/mol. The van der Waals surface area contributed by atoms with Crippen molar-refractivity contribution < 1.29 is 24.1 Å². The van der Waals surface area contributed by atoms with Gasteiger partial charge in [-0.25, -0.2) is 4.79 Å². The van der Waals surface area contributed by atoms with Gasteiger partial charge in [-0.2, -0.15) is 0 Å². The fourth-order valence-corrected chi connectivity index (χ4v) is 2.36. The van der Waals surface area contributed by atoms with Gasteiger partial charge in [0.25, 0.3) is 0 Å². The molecule has 0 saturated carbocycles. The molecule has 1 aromatic carbocycles. The molecule has 0 saturated heterocycles. The number of carbonyl (C=O) groups is 1. The van der Waals surface area contributed by atoms with E-state index in [4.69, 9.17) is 9.47 Å². The van der Waals surface area contributed by atoms with E-state index in [9.17, 15) is 9.90 Å². The molecule has 1 rings (SSSR count). The fourth-order valence-electron chi connectivity index (χ4n) is 1.97. The molecule has 0 aromatic heterocycles. The Balaban J connectivity index is 3.62. The van der Waals surface area contributed by atoms with Crippen LogP contribution < -0.4 is 9.47 Å². The second-order valence-electron chi connectivity index (χ2n) is 3.97. The van der Waals surface area contributed by atoms with E-state index in [0.29, 0.717) is 22.6 Å². The standard InChI is InChI=1S/C13H17BrO5/c1-6-8(10(15)13(16)19-5)12(18-4)11(17-3)7(2)9(6)14/h10,15H,1-5H3. The Bertz CT molecular complexity index is 499. The van der Waals surface area contributed by atoms with Crippen LogP contribution in [0.3, 0.4) is 0 Å². The summed E-state index contributed by atoms with van der Waals surface area (Å²) in [7, 11) is 4.17. The van der Waals surface area contributed by atoms with Crippen molar-refractivity contribution in [1.29, 1.82) is 0 Å². The number of hydrogen-bond donors (Lipinski definition) is 1. The van der Waals surface area contributed by atoms with Crippen molar-refractivity contribution in [3.8, 4) is 11.5 Å². The van der Waals surface area contributed by atoms with Gasteiger partial charge >= 0.3 is 5.97 Å². The highest BCUT2D eigenvalue weighted by Gasteiger charge is 2.29. The molecule has 0 fully saturated rings. The third-order valence-electron chi connectivity index (χ3n) is 2.96. The first-order chi connectivity index (χ1) is 8.90. The molecule has 0 bridgehead atoms. The van der Waals surface area contributed by atoms with Crippen LogP contribution in [0.4, 0.5) is 0 Å². The molecule has 1 N–H and O–H groups in total. The predicted octanol–water partition coefficient (Wildman–Crippen LogP) is 2.29. The lowest BCUT2D eigenvalue weighted by Crippen LogP contribution is -2.16. The van der Waals surface area contributed by atoms with Crippen molar-refractivity contribution >= 4 is 21.9 Å². The van der Waals surface area contributed by atoms with Crippen LogP contribution >= 0.6 is 15.9 Å². The van der Waals surface area contributed by atoms with E-state index >= 15 is 0 Å². The first kappa shape index (κ1) is 15.8. The van der Waals surface area contributed by atoms with Crippen LogP contribution in [0.2, 0.25) is 0 Å². The molecule has 0 heterocycles. The van der Waals surface area contributed by atoms with Crippen LogP contribution in [0.5, 0.6) is 11.5 Å². The summed E-state index contributed by atoms with van der Waals surface area (Å²) in [6, 6.07) is 0. The molecule has 106 valence electrons. The van der Waals surface area contributed by atoms with E-state index in [1.807, 2.05) is 6.92 Å². The van der Waals surface area contributed by atoms with Gasteiger partial charge < -0.3 is 19.3 Å². The van der Waals surface area contributed by atoms with Gasteiger partial charge in [-0.05, 0) is 19.4 Å². The summed E-state index contributed by atoms with van der Waals surface area (Å²) in [5.74, 6) is 0.0516. The molecule has 0 aliphatic carbocycles. The first-order valence-corrected chi connectivity index (χ1v) is 6.36. The second-order valence-corrected chi connectivity index (χ2v) is 4.76. The molecule has 0 spiro atoms. The topological polar surface area (TPSA) is 65.0 Å². The highest BCUT2D eigenvalue weighted by atomic mass is 79.9. The van der Waals surface area contributed by atoms with Crippen LogP contribution in [0, 0.1) is 13.8 Å². The third kappa shape index (κ3) is 2.69. The molecule has 1 unspecified atom stereocenters. The minimum atomic E-state index is -1.43. The molecule has 6 heteroatoms. The summed E-state index contributed by atoms with van der Waals surface area (Å²) >= 11 is 3.43. The lowest BCUT2D eigenvalue weighted by Gasteiger charge is -2.21. The minimum Gasteiger partial charge on any atom is -0.493 e. The first-order valence-electron chi connectivity index (χ1n) is 5.57. The molecule has 0 amide bonds. The molecule has 1 atom stereocenters. The summed E-state index contributed by atoms with van der Waals surface area (Å²) in [5.41, 5.74) is 1.87. The number of esters is 1. The molecule has 0 radical (unpaired) electrons. The molecule has 19 heavy (non-hydrogen) atoms. The van der Waals surface area contributed by atoms with E-state index in [1.165, 1.54) is 21.3 Å². The van der Waals surface area contributed by atoms with Crippen LogP contribution in [0.1, 0.15) is 22.8 Å². The predicted molar refractivity (Wildman–Crippen MR) is 73.7 cm³/mol. The molecular weight excluding hydrogens is 316 g/mol. The maximum Gasteiger partial charge on any atom is 0.339 e. The number of rotatable bonds is 4. The van der Waals surface area contributed by atoms with Gasteiger partial charge in [-0.15, -0.1) is 0 Å². The summed E-state index contributed by atoms with van der Waals surface area (Å²) in [6.07, 6.45) is -1.43. The Labute approximate surface area is 120 Å². The van der Waals surface area contributed by atoms with Gasteiger partial charge in [0.15, 0.2) is 17.6 Å². The van der Waals surface area contributed by atoms with Gasteiger partial charge in [-0.1, -0.05) is 15.9 Å². The Morgan fingerprint density at radius 1 is 1.11 bits per heavy atom. The quantitative estimate of drug-likeness (QED) is 0.857. The van der Waals surface area contributed by atoms with Crippen LogP contribution in [0.25, 0.3) is 0 Å². The second kappa shape index (κ2) is 6.25. The summed E-state index contributed by atoms with van der Waals surface area (Å²) in [4.78, 5) is 11.5. The van der Waals surface area contributed by atoms with Crippen molar-refractivity contribution in [3.63, 3.8) is 0 Å². The van der Waals surface area contributed by atoms with Gasteiger partial charge in [0, 0.05) is 15.6 Å². The summed E-state index contributed by atoms with van der Waals surface area (Å²) < 4.78 is 15.9. The molecule has 1 aromatic rings. The Kier molecular flexibility index (Phi) is 5.20. The SMILES string of the molecule is COC(=O)C(O)c1c(C)c(Br)c(C)c(OC)c1OC. The van der Waals surface area contributed by atoms with Crippen molar-refractivity contribution in [2.75, 3.05) is 21.3 Å². The largest absolute Gasteiger partial charge is 0.493 e. The molecular formula is C13H17BrO5. The number of carbonyl (C=O) groups excluding carboxylic acids is 1. The monoisotopic (exact) mass is 332 g/mol. The maximum atomic E-state index is 11.5.